The summed E-state index contributed by atoms with van der Waals surface area (Å²) in [7, 11) is 1.69. The van der Waals surface area contributed by atoms with E-state index in [1.165, 1.54) is 16.3 Å². The van der Waals surface area contributed by atoms with Gasteiger partial charge < -0.3 is 10.1 Å². The molecule has 0 radical (unpaired) electrons. The summed E-state index contributed by atoms with van der Waals surface area (Å²) in [4.78, 5) is 17.3. The molecule has 2 amide bonds. The van der Waals surface area contributed by atoms with E-state index in [-0.39, 0.29) is 6.03 Å². The minimum Gasteiger partial charge on any atom is -0.439 e. The van der Waals surface area contributed by atoms with Crippen LogP contribution in [-0.2, 0) is 0 Å². The lowest BCUT2D eigenvalue weighted by molar-refractivity contribution is 0.243. The Morgan fingerprint density at radius 3 is 2.41 bits per heavy atom. The van der Waals surface area contributed by atoms with Crippen molar-refractivity contribution in [3.8, 4) is 11.6 Å². The first kappa shape index (κ1) is 19.4. The number of carbonyl (C=O) groups excluding carboxylic acids is 1. The number of pyridine rings is 1. The Morgan fingerprint density at radius 1 is 1.04 bits per heavy atom. The molecule has 0 saturated heterocycles. The molecule has 2 aromatic carbocycles. The molecule has 27 heavy (non-hydrogen) atoms. The van der Waals surface area contributed by atoms with Crippen LogP contribution < -0.4 is 10.1 Å². The van der Waals surface area contributed by atoms with Gasteiger partial charge in [-0.15, -0.1) is 0 Å². The van der Waals surface area contributed by atoms with E-state index in [1.807, 2.05) is 12.1 Å². The molecule has 3 aromatic rings. The number of anilines is 1. The number of hydrogen-bond donors (Lipinski definition) is 1. The molecule has 0 aliphatic rings. The molecule has 5 nitrogen and oxygen atoms in total. The maximum absolute atomic E-state index is 12.3. The van der Waals surface area contributed by atoms with Gasteiger partial charge in [-0.3, -0.25) is 4.31 Å². The van der Waals surface area contributed by atoms with E-state index in [4.69, 9.17) is 27.9 Å². The van der Waals surface area contributed by atoms with Gasteiger partial charge in [-0.1, -0.05) is 29.3 Å². The Morgan fingerprint density at radius 2 is 1.74 bits per heavy atom. The smallest absolute Gasteiger partial charge is 0.331 e. The van der Waals surface area contributed by atoms with Gasteiger partial charge in [-0.25, -0.2) is 9.78 Å². The number of hydrogen-bond acceptors (Lipinski definition) is 4. The van der Waals surface area contributed by atoms with Gasteiger partial charge in [0, 0.05) is 28.7 Å². The molecule has 0 atom stereocenters. The third kappa shape index (κ3) is 5.79. The van der Waals surface area contributed by atoms with Gasteiger partial charge in [0.05, 0.1) is 0 Å². The van der Waals surface area contributed by atoms with Gasteiger partial charge in [0.25, 0.3) is 0 Å². The standard InChI is InChI=1S/C19H15Cl2N3O2S/c1-24(27-16-11-5-13(20)6-12-16)19(25)22-14-7-9-15(10-8-14)26-18-4-2-3-17(21)23-18/h2-12H,1H3,(H,22,25). The van der Waals surface area contributed by atoms with Crippen LogP contribution in [0.2, 0.25) is 10.2 Å². The van der Waals surface area contributed by atoms with Crippen LogP contribution in [-0.4, -0.2) is 22.4 Å². The quantitative estimate of drug-likeness (QED) is 0.386. The van der Waals surface area contributed by atoms with Crippen molar-refractivity contribution in [3.05, 3.63) is 76.9 Å². The van der Waals surface area contributed by atoms with Crippen LogP contribution in [0.5, 0.6) is 11.6 Å². The Hall–Kier alpha value is -2.41. The van der Waals surface area contributed by atoms with Crippen LogP contribution in [0.25, 0.3) is 0 Å². The van der Waals surface area contributed by atoms with E-state index in [1.54, 1.807) is 61.6 Å². The summed E-state index contributed by atoms with van der Waals surface area (Å²) in [6, 6.07) is 19.1. The number of benzene rings is 2. The number of nitrogens with one attached hydrogen (secondary N) is 1. The molecule has 3 rings (SSSR count). The van der Waals surface area contributed by atoms with Crippen LogP contribution in [0.1, 0.15) is 0 Å². The number of nitrogens with zero attached hydrogens (tertiary/aromatic N) is 2. The normalized spacial score (nSPS) is 10.3. The van der Waals surface area contributed by atoms with Crippen LogP contribution in [0.15, 0.2) is 71.6 Å². The summed E-state index contributed by atoms with van der Waals surface area (Å²) >= 11 is 13.0. The second-order valence-corrected chi connectivity index (χ2v) is 7.42. The first-order chi connectivity index (χ1) is 13.0. The predicted molar refractivity (Wildman–Crippen MR) is 110 cm³/mol. The fraction of sp³-hybridized carbons (Fsp3) is 0.0526. The van der Waals surface area contributed by atoms with Gasteiger partial charge in [0.2, 0.25) is 5.88 Å². The van der Waals surface area contributed by atoms with E-state index in [2.05, 4.69) is 10.3 Å². The van der Waals surface area contributed by atoms with Crippen molar-refractivity contribution in [1.82, 2.24) is 9.29 Å². The minimum absolute atomic E-state index is 0.250. The lowest BCUT2D eigenvalue weighted by Crippen LogP contribution is -2.25. The zero-order valence-electron chi connectivity index (χ0n) is 14.2. The highest BCUT2D eigenvalue weighted by Gasteiger charge is 2.11. The number of aromatic nitrogens is 1. The average Bonchev–Trinajstić information content (AvgIpc) is 2.65. The summed E-state index contributed by atoms with van der Waals surface area (Å²) in [5.74, 6) is 0.991. The molecule has 1 N–H and O–H groups in total. The molecule has 1 heterocycles. The molecule has 1 aromatic heterocycles. The summed E-state index contributed by atoms with van der Waals surface area (Å²) in [5, 5.41) is 3.83. The molecule has 0 aliphatic carbocycles. The third-order valence-corrected chi connectivity index (χ3v) is 4.74. The summed E-state index contributed by atoms with van der Waals surface area (Å²) in [6.45, 7) is 0. The maximum Gasteiger partial charge on any atom is 0.331 e. The van der Waals surface area contributed by atoms with Gasteiger partial charge in [0.15, 0.2) is 0 Å². The van der Waals surface area contributed by atoms with Crippen molar-refractivity contribution in [2.45, 2.75) is 4.90 Å². The van der Waals surface area contributed by atoms with Crippen LogP contribution in [0, 0.1) is 0 Å². The zero-order valence-corrected chi connectivity index (χ0v) is 16.6. The molecule has 138 valence electrons. The highest BCUT2D eigenvalue weighted by Crippen LogP contribution is 2.25. The Balaban J connectivity index is 1.56. The molecule has 0 spiro atoms. The second kappa shape index (κ2) is 8.99. The highest BCUT2D eigenvalue weighted by molar-refractivity contribution is 7.97. The first-order valence-corrected chi connectivity index (χ1v) is 9.41. The van der Waals surface area contributed by atoms with Gasteiger partial charge in [-0.2, -0.15) is 0 Å². The fourth-order valence-corrected chi connectivity index (χ4v) is 3.06. The van der Waals surface area contributed by atoms with Crippen molar-refractivity contribution < 1.29 is 9.53 Å². The molecular formula is C19H15Cl2N3O2S. The van der Waals surface area contributed by atoms with Crippen LogP contribution in [0.4, 0.5) is 10.5 Å². The van der Waals surface area contributed by atoms with Crippen LogP contribution in [0.3, 0.4) is 0 Å². The van der Waals surface area contributed by atoms with Gasteiger partial charge in [-0.05, 0) is 66.5 Å². The van der Waals surface area contributed by atoms with E-state index in [9.17, 15) is 4.79 Å². The summed E-state index contributed by atoms with van der Waals surface area (Å²) < 4.78 is 7.13. The molecule has 0 unspecified atom stereocenters. The number of carbonyl (C=O) groups is 1. The molecule has 0 saturated carbocycles. The van der Waals surface area contributed by atoms with E-state index >= 15 is 0 Å². The number of rotatable bonds is 5. The van der Waals surface area contributed by atoms with Crippen molar-refractivity contribution in [2.24, 2.45) is 0 Å². The fourth-order valence-electron chi connectivity index (χ4n) is 2.07. The van der Waals surface area contributed by atoms with Crippen molar-refractivity contribution >= 4 is 46.9 Å². The highest BCUT2D eigenvalue weighted by atomic mass is 35.5. The SMILES string of the molecule is CN(Sc1ccc(Cl)cc1)C(=O)Nc1ccc(Oc2cccc(Cl)n2)cc1. The predicted octanol–water partition coefficient (Wildman–Crippen LogP) is 6.35. The topological polar surface area (TPSA) is 54.5 Å². The average molecular weight is 420 g/mol. The Labute approximate surface area is 171 Å². The second-order valence-electron chi connectivity index (χ2n) is 5.40. The molecule has 0 fully saturated rings. The van der Waals surface area contributed by atoms with Crippen molar-refractivity contribution in [2.75, 3.05) is 12.4 Å². The molecular weight excluding hydrogens is 405 g/mol. The third-order valence-electron chi connectivity index (χ3n) is 3.36. The van der Waals surface area contributed by atoms with E-state index in [0.29, 0.717) is 27.5 Å². The first-order valence-electron chi connectivity index (χ1n) is 7.88. The Bertz CT molecular complexity index is 921. The molecule has 0 aliphatic heterocycles. The number of halogens is 2. The minimum atomic E-state index is -0.250. The lowest BCUT2D eigenvalue weighted by Gasteiger charge is -2.16. The van der Waals surface area contributed by atoms with Crippen LogP contribution >= 0.6 is 35.1 Å². The molecule has 8 heteroatoms. The summed E-state index contributed by atoms with van der Waals surface area (Å²) in [6.07, 6.45) is 0. The number of ether oxygens (including phenoxy) is 1. The monoisotopic (exact) mass is 419 g/mol. The number of urea groups is 1. The van der Waals surface area contributed by atoms with E-state index in [0.717, 1.165) is 4.90 Å². The largest absolute Gasteiger partial charge is 0.439 e. The van der Waals surface area contributed by atoms with E-state index < -0.39 is 0 Å². The molecule has 0 bridgehead atoms. The van der Waals surface area contributed by atoms with Gasteiger partial charge in [0.1, 0.15) is 10.9 Å². The number of amides is 2. The van der Waals surface area contributed by atoms with Crippen molar-refractivity contribution in [1.29, 1.82) is 0 Å². The zero-order chi connectivity index (χ0) is 19.2. The van der Waals surface area contributed by atoms with Crippen molar-refractivity contribution in [3.63, 3.8) is 0 Å². The summed E-state index contributed by atoms with van der Waals surface area (Å²) in [5.41, 5.74) is 0.648. The van der Waals surface area contributed by atoms with Gasteiger partial charge >= 0.3 is 6.03 Å². The maximum atomic E-state index is 12.3. The lowest BCUT2D eigenvalue weighted by atomic mass is 10.3. The Kier molecular flexibility index (Phi) is 6.45.